The van der Waals surface area contributed by atoms with Crippen LogP contribution < -0.4 is 5.32 Å². The molecular weight excluding hydrogens is 311 g/mol. The van der Waals surface area contributed by atoms with E-state index in [0.29, 0.717) is 5.02 Å². The fourth-order valence-electron chi connectivity index (χ4n) is 2.47. The Morgan fingerprint density at radius 3 is 2.85 bits per heavy atom. The zero-order chi connectivity index (χ0) is 14.0. The highest BCUT2D eigenvalue weighted by Crippen LogP contribution is 2.41. The maximum Gasteiger partial charge on any atom is 0.0958 e. The molecule has 5 heteroatoms. The average Bonchev–Trinajstić information content (AvgIpc) is 2.93. The van der Waals surface area contributed by atoms with Crippen LogP contribution >= 0.6 is 35.0 Å². The lowest BCUT2D eigenvalue weighted by Gasteiger charge is -2.29. The quantitative estimate of drug-likeness (QED) is 0.919. The van der Waals surface area contributed by atoms with E-state index in [-0.39, 0.29) is 4.87 Å². The van der Waals surface area contributed by atoms with Crippen LogP contribution in [0.15, 0.2) is 42.7 Å². The number of hydrogen-bond acceptors (Lipinski definition) is 3. The number of benzene rings is 1. The van der Waals surface area contributed by atoms with Gasteiger partial charge in [-0.25, -0.2) is 0 Å². The van der Waals surface area contributed by atoms with Crippen molar-refractivity contribution in [3.05, 3.63) is 63.9 Å². The molecule has 0 saturated carbocycles. The maximum atomic E-state index is 6.32. The minimum absolute atomic E-state index is 0.147. The lowest BCUT2D eigenvalue weighted by Crippen LogP contribution is -2.36. The molecule has 0 amide bonds. The van der Waals surface area contributed by atoms with Gasteiger partial charge in [0, 0.05) is 46.7 Å². The van der Waals surface area contributed by atoms with Crippen LogP contribution in [0.2, 0.25) is 10.0 Å². The third kappa shape index (κ3) is 2.82. The fourth-order valence-corrected chi connectivity index (χ4v) is 4.24. The molecule has 20 heavy (non-hydrogen) atoms. The Bertz CT molecular complexity index is 598. The molecule has 0 spiro atoms. The second-order valence-electron chi connectivity index (χ2n) is 4.76. The minimum Gasteiger partial charge on any atom is -0.298 e. The first-order valence-corrected chi connectivity index (χ1v) is 8.17. The van der Waals surface area contributed by atoms with E-state index in [2.05, 4.69) is 16.4 Å². The molecule has 1 fully saturated rings. The van der Waals surface area contributed by atoms with Gasteiger partial charge in [0.15, 0.2) is 0 Å². The molecule has 1 saturated heterocycles. The molecule has 1 aromatic carbocycles. The van der Waals surface area contributed by atoms with Gasteiger partial charge in [-0.15, -0.1) is 11.8 Å². The molecule has 104 valence electrons. The summed E-state index contributed by atoms with van der Waals surface area (Å²) in [4.78, 5) is 4.10. The molecule has 0 aliphatic carbocycles. The van der Waals surface area contributed by atoms with Crippen LogP contribution in [0.4, 0.5) is 0 Å². The molecule has 1 aromatic heterocycles. The maximum absolute atomic E-state index is 6.32. The van der Waals surface area contributed by atoms with E-state index in [9.17, 15) is 0 Å². The minimum atomic E-state index is -0.147. The Kier molecular flexibility index (Phi) is 4.22. The molecule has 1 unspecified atom stereocenters. The lowest BCUT2D eigenvalue weighted by molar-refractivity contribution is 0.521. The van der Waals surface area contributed by atoms with Gasteiger partial charge in [0.1, 0.15) is 0 Å². The summed E-state index contributed by atoms with van der Waals surface area (Å²) in [6.45, 7) is 0.991. The van der Waals surface area contributed by atoms with Crippen molar-refractivity contribution >= 4 is 35.0 Å². The first kappa shape index (κ1) is 14.2. The number of rotatable bonds is 3. The van der Waals surface area contributed by atoms with Crippen LogP contribution in [0, 0.1) is 0 Å². The zero-order valence-electron chi connectivity index (χ0n) is 10.8. The fraction of sp³-hybridized carbons (Fsp3) is 0.267. The predicted octanol–water partition coefficient (Wildman–Crippen LogP) is 4.12. The molecule has 2 aromatic rings. The van der Waals surface area contributed by atoms with Gasteiger partial charge in [-0.05, 0) is 23.8 Å². The van der Waals surface area contributed by atoms with Crippen molar-refractivity contribution in [2.24, 2.45) is 0 Å². The number of hydrogen-bond donors (Lipinski definition) is 1. The molecule has 1 aliphatic heterocycles. The normalized spacial score (nSPS) is 22.1. The number of nitrogens with one attached hydrogen (secondary N) is 1. The molecule has 0 radical (unpaired) electrons. The van der Waals surface area contributed by atoms with E-state index >= 15 is 0 Å². The van der Waals surface area contributed by atoms with E-state index in [1.54, 1.807) is 12.3 Å². The van der Waals surface area contributed by atoms with Crippen molar-refractivity contribution in [2.75, 3.05) is 12.3 Å². The van der Waals surface area contributed by atoms with Gasteiger partial charge in [0.2, 0.25) is 0 Å². The third-order valence-corrected chi connectivity index (χ3v) is 5.46. The summed E-state index contributed by atoms with van der Waals surface area (Å²) in [6.07, 6.45) is 4.54. The monoisotopic (exact) mass is 324 g/mol. The van der Waals surface area contributed by atoms with E-state index < -0.39 is 0 Å². The van der Waals surface area contributed by atoms with E-state index in [4.69, 9.17) is 23.2 Å². The molecule has 2 heterocycles. The molecule has 0 bridgehead atoms. The summed E-state index contributed by atoms with van der Waals surface area (Å²) in [5.74, 6) is 1.08. The summed E-state index contributed by atoms with van der Waals surface area (Å²) in [5, 5.41) is 4.99. The van der Waals surface area contributed by atoms with Crippen molar-refractivity contribution in [1.29, 1.82) is 0 Å². The van der Waals surface area contributed by atoms with Crippen LogP contribution in [-0.4, -0.2) is 17.3 Å². The zero-order valence-corrected chi connectivity index (χ0v) is 13.1. The van der Waals surface area contributed by atoms with Crippen LogP contribution in [0.1, 0.15) is 11.1 Å². The van der Waals surface area contributed by atoms with Gasteiger partial charge in [-0.3, -0.25) is 10.3 Å². The topological polar surface area (TPSA) is 24.9 Å². The number of aromatic nitrogens is 1. The van der Waals surface area contributed by atoms with Crippen molar-refractivity contribution in [3.63, 3.8) is 0 Å². The smallest absolute Gasteiger partial charge is 0.0958 e. The van der Waals surface area contributed by atoms with Gasteiger partial charge >= 0.3 is 0 Å². The number of pyridine rings is 1. The largest absolute Gasteiger partial charge is 0.298 e. The Hall–Kier alpha value is -0.740. The SMILES string of the molecule is Clc1ccc(CC2(c3cccnc3)NCCS2)c(Cl)c1. The highest BCUT2D eigenvalue weighted by atomic mass is 35.5. The van der Waals surface area contributed by atoms with E-state index in [1.165, 1.54) is 5.56 Å². The summed E-state index contributed by atoms with van der Waals surface area (Å²) in [7, 11) is 0. The summed E-state index contributed by atoms with van der Waals surface area (Å²) >= 11 is 14.2. The van der Waals surface area contributed by atoms with Gasteiger partial charge < -0.3 is 0 Å². The van der Waals surface area contributed by atoms with Crippen LogP contribution in [0.3, 0.4) is 0 Å². The predicted molar refractivity (Wildman–Crippen MR) is 86.5 cm³/mol. The molecule has 1 N–H and O–H groups in total. The lowest BCUT2D eigenvalue weighted by atomic mass is 9.99. The third-order valence-electron chi connectivity index (χ3n) is 3.44. The summed E-state index contributed by atoms with van der Waals surface area (Å²) in [6, 6.07) is 9.78. The Morgan fingerprint density at radius 2 is 2.20 bits per heavy atom. The molecule has 3 rings (SSSR count). The molecule has 1 atom stereocenters. The highest BCUT2D eigenvalue weighted by Gasteiger charge is 2.37. The van der Waals surface area contributed by atoms with Gasteiger partial charge in [-0.2, -0.15) is 0 Å². The second kappa shape index (κ2) is 5.94. The Labute approximate surface area is 132 Å². The van der Waals surface area contributed by atoms with Gasteiger partial charge in [0.25, 0.3) is 0 Å². The first-order chi connectivity index (χ1) is 9.70. The standard InChI is InChI=1S/C15H14Cl2N2S/c16-13-4-3-11(14(17)8-13)9-15(19-6-7-20-15)12-2-1-5-18-10-12/h1-5,8,10,19H,6-7,9H2. The molecule has 1 aliphatic rings. The molecule has 2 nitrogen and oxygen atoms in total. The number of nitrogens with zero attached hydrogens (tertiary/aromatic N) is 1. The Balaban J connectivity index is 1.96. The number of halogens is 2. The van der Waals surface area contributed by atoms with Crippen molar-refractivity contribution in [2.45, 2.75) is 11.3 Å². The van der Waals surface area contributed by atoms with Crippen molar-refractivity contribution in [1.82, 2.24) is 10.3 Å². The van der Waals surface area contributed by atoms with E-state index in [0.717, 1.165) is 29.3 Å². The van der Waals surface area contributed by atoms with E-state index in [1.807, 2.05) is 36.2 Å². The molecular formula is C15H14Cl2N2S. The summed E-state index contributed by atoms with van der Waals surface area (Å²) < 4.78 is 0. The first-order valence-electron chi connectivity index (χ1n) is 6.43. The van der Waals surface area contributed by atoms with Crippen LogP contribution in [0.25, 0.3) is 0 Å². The second-order valence-corrected chi connectivity index (χ2v) is 6.99. The van der Waals surface area contributed by atoms with Crippen molar-refractivity contribution < 1.29 is 0 Å². The summed E-state index contributed by atoms with van der Waals surface area (Å²) in [5.41, 5.74) is 2.29. The van der Waals surface area contributed by atoms with Crippen molar-refractivity contribution in [3.8, 4) is 0 Å². The number of thioether (sulfide) groups is 1. The van der Waals surface area contributed by atoms with Gasteiger partial charge in [-0.1, -0.05) is 35.3 Å². The Morgan fingerprint density at radius 1 is 1.30 bits per heavy atom. The highest BCUT2D eigenvalue weighted by molar-refractivity contribution is 8.00. The van der Waals surface area contributed by atoms with Crippen LogP contribution in [0.5, 0.6) is 0 Å². The average molecular weight is 325 g/mol. The van der Waals surface area contributed by atoms with Crippen LogP contribution in [-0.2, 0) is 11.3 Å². The van der Waals surface area contributed by atoms with Gasteiger partial charge in [0.05, 0.1) is 4.87 Å².